The number of rotatable bonds is 5. The summed E-state index contributed by atoms with van der Waals surface area (Å²) in [6.07, 6.45) is 2.07. The Morgan fingerprint density at radius 3 is 2.76 bits per heavy atom. The standard InChI is InChI=1S/C13H20N2OS/c1-8(2)7-15(3)11-6-10(14)13(17-11)12(16)9-4-5-9/h6,8-9H,4-5,7,14H2,1-3H3. The third-order valence-electron chi connectivity index (χ3n) is 2.93. The Morgan fingerprint density at radius 2 is 2.24 bits per heavy atom. The van der Waals surface area contributed by atoms with Crippen LogP contribution in [0, 0.1) is 11.8 Å². The number of nitrogens with two attached hydrogens (primary N) is 1. The molecule has 0 atom stereocenters. The highest BCUT2D eigenvalue weighted by Gasteiger charge is 2.32. The molecule has 0 unspecified atom stereocenters. The SMILES string of the molecule is CC(C)CN(C)c1cc(N)c(C(=O)C2CC2)s1. The molecule has 3 nitrogen and oxygen atoms in total. The predicted molar refractivity (Wildman–Crippen MR) is 73.9 cm³/mol. The van der Waals surface area contributed by atoms with E-state index in [4.69, 9.17) is 5.73 Å². The Kier molecular flexibility index (Phi) is 3.43. The van der Waals surface area contributed by atoms with Gasteiger partial charge in [0.05, 0.1) is 15.6 Å². The van der Waals surface area contributed by atoms with Crippen LogP contribution in [-0.4, -0.2) is 19.4 Å². The van der Waals surface area contributed by atoms with Crippen LogP contribution in [0.15, 0.2) is 6.07 Å². The van der Waals surface area contributed by atoms with Crippen molar-refractivity contribution >= 4 is 27.8 Å². The van der Waals surface area contributed by atoms with Crippen LogP contribution in [-0.2, 0) is 0 Å². The van der Waals surface area contributed by atoms with Crippen molar-refractivity contribution in [1.29, 1.82) is 0 Å². The van der Waals surface area contributed by atoms with Crippen LogP contribution in [0.5, 0.6) is 0 Å². The van der Waals surface area contributed by atoms with Crippen LogP contribution in [0.4, 0.5) is 10.7 Å². The third-order valence-corrected chi connectivity index (χ3v) is 4.21. The molecule has 2 N–H and O–H groups in total. The zero-order chi connectivity index (χ0) is 12.6. The van der Waals surface area contributed by atoms with Crippen molar-refractivity contribution in [1.82, 2.24) is 0 Å². The van der Waals surface area contributed by atoms with E-state index in [2.05, 4.69) is 25.8 Å². The van der Waals surface area contributed by atoms with Crippen LogP contribution in [0.25, 0.3) is 0 Å². The van der Waals surface area contributed by atoms with Crippen LogP contribution >= 0.6 is 11.3 Å². The molecule has 0 bridgehead atoms. The van der Waals surface area contributed by atoms with E-state index in [1.54, 1.807) is 0 Å². The van der Waals surface area contributed by atoms with Crippen molar-refractivity contribution in [2.24, 2.45) is 11.8 Å². The van der Waals surface area contributed by atoms with E-state index >= 15 is 0 Å². The van der Waals surface area contributed by atoms with Crippen molar-refractivity contribution in [3.63, 3.8) is 0 Å². The first-order valence-corrected chi connectivity index (χ1v) is 6.95. The normalized spacial score (nSPS) is 15.3. The van der Waals surface area contributed by atoms with Gasteiger partial charge < -0.3 is 10.6 Å². The number of hydrogen-bond donors (Lipinski definition) is 1. The highest BCUT2D eigenvalue weighted by atomic mass is 32.1. The lowest BCUT2D eigenvalue weighted by Gasteiger charge is -2.18. The van der Waals surface area contributed by atoms with Crippen molar-refractivity contribution in [2.75, 3.05) is 24.2 Å². The van der Waals surface area contributed by atoms with E-state index in [1.807, 2.05) is 6.07 Å². The van der Waals surface area contributed by atoms with Crippen LogP contribution in [0.3, 0.4) is 0 Å². The number of anilines is 2. The summed E-state index contributed by atoms with van der Waals surface area (Å²) in [5.74, 6) is 1.10. The van der Waals surface area contributed by atoms with Gasteiger partial charge in [-0.15, -0.1) is 11.3 Å². The first-order valence-electron chi connectivity index (χ1n) is 6.13. The molecule has 0 aliphatic heterocycles. The molecule has 94 valence electrons. The largest absolute Gasteiger partial charge is 0.397 e. The first kappa shape index (κ1) is 12.4. The number of ketones is 1. The molecule has 4 heteroatoms. The molecule has 0 spiro atoms. The average Bonchev–Trinajstić information content (AvgIpc) is 3.00. The average molecular weight is 252 g/mol. The topological polar surface area (TPSA) is 46.3 Å². The lowest BCUT2D eigenvalue weighted by atomic mass is 10.2. The Morgan fingerprint density at radius 1 is 1.59 bits per heavy atom. The van der Waals surface area contributed by atoms with Gasteiger partial charge in [-0.25, -0.2) is 0 Å². The third kappa shape index (κ3) is 2.80. The maximum Gasteiger partial charge on any atom is 0.178 e. The summed E-state index contributed by atoms with van der Waals surface area (Å²) < 4.78 is 0. The lowest BCUT2D eigenvalue weighted by Crippen LogP contribution is -2.21. The second-order valence-electron chi connectivity index (χ2n) is 5.28. The summed E-state index contributed by atoms with van der Waals surface area (Å²) >= 11 is 1.54. The van der Waals surface area contributed by atoms with Crippen LogP contribution < -0.4 is 10.6 Å². The predicted octanol–water partition coefficient (Wildman–Crippen LogP) is 3.02. The van der Waals surface area contributed by atoms with Crippen molar-refractivity contribution in [2.45, 2.75) is 26.7 Å². The summed E-state index contributed by atoms with van der Waals surface area (Å²) in [7, 11) is 2.05. The molecule has 0 saturated heterocycles. The van der Waals surface area contributed by atoms with Gasteiger partial charge in [-0.1, -0.05) is 13.8 Å². The van der Waals surface area contributed by atoms with E-state index in [-0.39, 0.29) is 11.7 Å². The van der Waals surface area contributed by atoms with E-state index in [9.17, 15) is 4.79 Å². The van der Waals surface area contributed by atoms with Gasteiger partial charge in [0.15, 0.2) is 5.78 Å². The van der Waals surface area contributed by atoms with E-state index in [0.29, 0.717) is 11.6 Å². The molecule has 1 aromatic heterocycles. The fourth-order valence-electron chi connectivity index (χ4n) is 1.94. The van der Waals surface area contributed by atoms with Gasteiger partial charge in [-0.05, 0) is 24.8 Å². The molecule has 0 radical (unpaired) electrons. The monoisotopic (exact) mass is 252 g/mol. The van der Waals surface area contributed by atoms with Gasteiger partial charge in [0.1, 0.15) is 0 Å². The minimum atomic E-state index is 0.247. The highest BCUT2D eigenvalue weighted by Crippen LogP contribution is 2.39. The minimum Gasteiger partial charge on any atom is -0.397 e. The van der Waals surface area contributed by atoms with Gasteiger partial charge in [-0.3, -0.25) is 4.79 Å². The zero-order valence-corrected chi connectivity index (χ0v) is 11.5. The number of thiophene rings is 1. The molecular formula is C13H20N2OS. The first-order chi connectivity index (χ1) is 7.99. The molecular weight excluding hydrogens is 232 g/mol. The second kappa shape index (κ2) is 4.69. The summed E-state index contributed by atoms with van der Waals surface area (Å²) in [5, 5.41) is 1.10. The fraction of sp³-hybridized carbons (Fsp3) is 0.615. The Hall–Kier alpha value is -1.03. The molecule has 0 aromatic carbocycles. The van der Waals surface area contributed by atoms with Gasteiger partial charge >= 0.3 is 0 Å². The van der Waals surface area contributed by atoms with Crippen molar-refractivity contribution < 1.29 is 4.79 Å². The van der Waals surface area contributed by atoms with Crippen LogP contribution in [0.2, 0.25) is 0 Å². The summed E-state index contributed by atoms with van der Waals surface area (Å²) in [4.78, 5) is 14.9. The lowest BCUT2D eigenvalue weighted by molar-refractivity contribution is 0.0972. The second-order valence-corrected chi connectivity index (χ2v) is 6.31. The van der Waals surface area contributed by atoms with Crippen molar-refractivity contribution in [3.8, 4) is 0 Å². The fourth-order valence-corrected chi connectivity index (χ4v) is 3.01. The molecule has 17 heavy (non-hydrogen) atoms. The van der Waals surface area contributed by atoms with Gasteiger partial charge in [0.25, 0.3) is 0 Å². The maximum absolute atomic E-state index is 12.0. The van der Waals surface area contributed by atoms with E-state index < -0.39 is 0 Å². The molecule has 1 aliphatic carbocycles. The number of hydrogen-bond acceptors (Lipinski definition) is 4. The van der Waals surface area contributed by atoms with Gasteiger partial charge in [0.2, 0.25) is 0 Å². The molecule has 0 amide bonds. The Bertz CT molecular complexity index is 421. The number of nitrogen functional groups attached to an aromatic ring is 1. The minimum absolute atomic E-state index is 0.247. The summed E-state index contributed by atoms with van der Waals surface area (Å²) in [5.41, 5.74) is 6.59. The molecule has 1 heterocycles. The number of nitrogens with zero attached hydrogens (tertiary/aromatic N) is 1. The molecule has 2 rings (SSSR count). The van der Waals surface area contributed by atoms with Gasteiger partial charge in [-0.2, -0.15) is 0 Å². The maximum atomic E-state index is 12.0. The Balaban J connectivity index is 2.14. The van der Waals surface area contributed by atoms with Gasteiger partial charge in [0, 0.05) is 19.5 Å². The molecule has 1 fully saturated rings. The highest BCUT2D eigenvalue weighted by molar-refractivity contribution is 7.18. The Labute approximate surface area is 107 Å². The van der Waals surface area contributed by atoms with E-state index in [1.165, 1.54) is 11.3 Å². The quantitative estimate of drug-likeness (QED) is 0.819. The number of Topliss-reactive ketones (excluding diaryl/α,β-unsaturated/α-hetero) is 1. The summed E-state index contributed by atoms with van der Waals surface area (Å²) in [6, 6.07) is 1.93. The zero-order valence-electron chi connectivity index (χ0n) is 10.7. The van der Waals surface area contributed by atoms with Crippen LogP contribution in [0.1, 0.15) is 36.4 Å². The molecule has 1 aromatic rings. The molecule has 1 saturated carbocycles. The summed E-state index contributed by atoms with van der Waals surface area (Å²) in [6.45, 7) is 5.35. The molecule has 1 aliphatic rings. The number of carbonyl (C=O) groups excluding carboxylic acids is 1. The number of carbonyl (C=O) groups is 1. The van der Waals surface area contributed by atoms with Crippen molar-refractivity contribution in [3.05, 3.63) is 10.9 Å². The van der Waals surface area contributed by atoms with E-state index in [0.717, 1.165) is 29.3 Å². The smallest absolute Gasteiger partial charge is 0.178 e.